The van der Waals surface area contributed by atoms with Crippen molar-refractivity contribution >= 4 is 51.1 Å². The summed E-state index contributed by atoms with van der Waals surface area (Å²) >= 11 is 6.36. The molecule has 0 N–H and O–H groups in total. The molecule has 6 rings (SSSR count). The molecule has 43 heavy (non-hydrogen) atoms. The van der Waals surface area contributed by atoms with Gasteiger partial charge in [0.2, 0.25) is 12.5 Å². The third-order valence-corrected chi connectivity index (χ3v) is 8.06. The van der Waals surface area contributed by atoms with Crippen molar-refractivity contribution in [3.05, 3.63) is 64.6 Å². The third-order valence-electron chi connectivity index (χ3n) is 7.69. The van der Waals surface area contributed by atoms with Gasteiger partial charge in [-0.15, -0.1) is 0 Å². The lowest BCUT2D eigenvalue weighted by atomic mass is 10.0. The van der Waals surface area contributed by atoms with Gasteiger partial charge in [0.15, 0.2) is 5.82 Å². The Kier molecular flexibility index (Phi) is 7.42. The van der Waals surface area contributed by atoms with Crippen molar-refractivity contribution in [3.8, 4) is 11.3 Å². The number of hydrogen-bond donors (Lipinski definition) is 0. The number of nitrogens with zero attached hydrogens (tertiary/aromatic N) is 7. The number of piperazine rings is 1. The molecule has 0 aliphatic carbocycles. The van der Waals surface area contributed by atoms with E-state index in [9.17, 15) is 9.18 Å². The van der Waals surface area contributed by atoms with Gasteiger partial charge >= 0.3 is 6.09 Å². The minimum absolute atomic E-state index is 0.00503. The number of halogens is 3. The quantitative estimate of drug-likeness (QED) is 0.252. The molecule has 4 aromatic rings. The lowest BCUT2D eigenvalue weighted by Gasteiger charge is -2.40. The summed E-state index contributed by atoms with van der Waals surface area (Å²) in [5.41, 5.74) is -0.231. The number of rotatable bonds is 4. The van der Waals surface area contributed by atoms with Crippen LogP contribution in [0.25, 0.3) is 37.8 Å². The highest BCUT2D eigenvalue weighted by molar-refractivity contribution is 6.36. The van der Waals surface area contributed by atoms with Gasteiger partial charge in [0, 0.05) is 49.9 Å². The number of amides is 1. The van der Waals surface area contributed by atoms with Crippen molar-refractivity contribution in [1.82, 2.24) is 19.9 Å². The van der Waals surface area contributed by atoms with Crippen LogP contribution in [0.2, 0.25) is 5.02 Å². The summed E-state index contributed by atoms with van der Waals surface area (Å²) in [6.07, 6.45) is 2.03. The van der Waals surface area contributed by atoms with Crippen molar-refractivity contribution < 1.29 is 18.3 Å². The fourth-order valence-electron chi connectivity index (χ4n) is 5.49. The number of carbonyl (C=O) groups is 1. The topological polar surface area (TPSA) is 79.1 Å². The zero-order chi connectivity index (χ0) is 30.5. The van der Waals surface area contributed by atoms with Crippen LogP contribution in [0.4, 0.5) is 25.3 Å². The molecular weight excluding hydrogens is 576 g/mol. The largest absolute Gasteiger partial charge is 0.444 e. The lowest BCUT2D eigenvalue weighted by molar-refractivity contribution is 0.0156. The molecule has 2 aromatic carbocycles. The van der Waals surface area contributed by atoms with Gasteiger partial charge in [0.25, 0.3) is 0 Å². The number of pyridine rings is 1. The fourth-order valence-corrected chi connectivity index (χ4v) is 5.77. The number of fused-ring (bicyclic) bond motifs is 2. The maximum atomic E-state index is 16.5. The predicted octanol–water partition coefficient (Wildman–Crippen LogP) is 6.33. The number of hydrogen-bond acceptors (Lipinski definition) is 7. The first-order chi connectivity index (χ1) is 20.6. The maximum Gasteiger partial charge on any atom is 0.410 e. The van der Waals surface area contributed by atoms with Gasteiger partial charge in [-0.05, 0) is 38.6 Å². The highest BCUT2D eigenvalue weighted by atomic mass is 35.5. The van der Waals surface area contributed by atoms with Gasteiger partial charge in [-0.25, -0.2) is 25.1 Å². The summed E-state index contributed by atoms with van der Waals surface area (Å²) in [5, 5.41) is 1.32. The first-order valence-electron chi connectivity index (χ1n) is 14.1. The van der Waals surface area contributed by atoms with Crippen LogP contribution in [0.15, 0.2) is 36.5 Å². The Bertz CT molecular complexity index is 1780. The van der Waals surface area contributed by atoms with Crippen LogP contribution in [-0.2, 0) is 4.74 Å². The zero-order valence-electron chi connectivity index (χ0n) is 24.1. The molecule has 1 amide bonds. The second-order valence-electron chi connectivity index (χ2n) is 11.8. The van der Waals surface area contributed by atoms with E-state index in [-0.39, 0.29) is 22.8 Å². The van der Waals surface area contributed by atoms with Crippen molar-refractivity contribution in [2.75, 3.05) is 49.1 Å². The standard InChI is InChI=1S/C31H30ClF2N7O2/c1-31(2,3)43-30(42)41-14-13-40(17-19(41)15-35-4)28-21-16-36-26(25(34)27(21)37-29(38-28)39-11-6-12-39)20-8-5-7-18-9-10-22(33)24(32)23(18)20/h5,7-10,16,19H,6,11-15,17H2,1-3H3/t19-/m0/s1. The first kappa shape index (κ1) is 28.8. The van der Waals surface area contributed by atoms with Crippen LogP contribution >= 0.6 is 11.6 Å². The van der Waals surface area contributed by atoms with Gasteiger partial charge in [-0.3, -0.25) is 9.88 Å². The number of aromatic nitrogens is 3. The van der Waals surface area contributed by atoms with E-state index in [1.54, 1.807) is 49.9 Å². The number of carbonyl (C=O) groups excluding carboxylic acids is 1. The molecule has 0 unspecified atom stereocenters. The number of anilines is 2. The fraction of sp³-hybridized carbons (Fsp3) is 0.387. The van der Waals surface area contributed by atoms with Crippen molar-refractivity contribution in [3.63, 3.8) is 0 Å². The number of benzene rings is 2. The van der Waals surface area contributed by atoms with Gasteiger partial charge in [-0.1, -0.05) is 35.9 Å². The summed E-state index contributed by atoms with van der Waals surface area (Å²) in [6.45, 7) is 15.5. The van der Waals surface area contributed by atoms with E-state index in [0.29, 0.717) is 53.1 Å². The zero-order valence-corrected chi connectivity index (χ0v) is 24.8. The molecule has 2 aliphatic rings. The Morgan fingerprint density at radius 3 is 2.60 bits per heavy atom. The molecule has 0 spiro atoms. The minimum atomic E-state index is -0.674. The molecule has 4 heterocycles. The van der Waals surface area contributed by atoms with E-state index < -0.39 is 29.4 Å². The Hall–Kier alpha value is -4.30. The molecule has 2 aliphatic heterocycles. The highest BCUT2D eigenvalue weighted by Gasteiger charge is 2.37. The van der Waals surface area contributed by atoms with E-state index in [1.165, 1.54) is 12.3 Å². The summed E-state index contributed by atoms with van der Waals surface area (Å²) < 4.78 is 36.6. The third kappa shape index (κ3) is 5.36. The molecular formula is C31H30ClF2N7O2. The maximum absolute atomic E-state index is 16.5. The van der Waals surface area contributed by atoms with Gasteiger partial charge in [0.1, 0.15) is 34.5 Å². The predicted molar refractivity (Wildman–Crippen MR) is 162 cm³/mol. The van der Waals surface area contributed by atoms with Crippen LogP contribution in [0.3, 0.4) is 0 Å². The lowest BCUT2D eigenvalue weighted by Crippen LogP contribution is -2.57. The first-order valence-corrected chi connectivity index (χ1v) is 14.5. The molecule has 222 valence electrons. The minimum Gasteiger partial charge on any atom is -0.444 e. The van der Waals surface area contributed by atoms with Gasteiger partial charge in [0.05, 0.1) is 10.4 Å². The molecule has 0 radical (unpaired) electrons. The molecule has 12 heteroatoms. The molecule has 2 aromatic heterocycles. The van der Waals surface area contributed by atoms with Gasteiger partial charge in [-0.2, -0.15) is 4.98 Å². The van der Waals surface area contributed by atoms with Crippen molar-refractivity contribution in [2.24, 2.45) is 0 Å². The van der Waals surface area contributed by atoms with Crippen LogP contribution < -0.4 is 9.80 Å². The SMILES string of the molecule is [C-]#[N+]C[C@H]1CN(c2nc(N3CCC3)nc3c(F)c(-c4cccc5ccc(F)c(Cl)c45)ncc23)CCN1C(=O)OC(C)(C)C. The van der Waals surface area contributed by atoms with Crippen LogP contribution in [-0.4, -0.2) is 76.9 Å². The second kappa shape index (κ2) is 11.1. The monoisotopic (exact) mass is 605 g/mol. The molecule has 9 nitrogen and oxygen atoms in total. The summed E-state index contributed by atoms with van der Waals surface area (Å²) in [6, 6.07) is 7.61. The van der Waals surface area contributed by atoms with Crippen molar-refractivity contribution in [2.45, 2.75) is 38.8 Å². The van der Waals surface area contributed by atoms with E-state index in [2.05, 4.69) is 14.8 Å². The van der Waals surface area contributed by atoms with Crippen molar-refractivity contribution in [1.29, 1.82) is 0 Å². The Morgan fingerprint density at radius 2 is 1.91 bits per heavy atom. The van der Waals surface area contributed by atoms with E-state index >= 15 is 4.39 Å². The van der Waals surface area contributed by atoms with E-state index in [4.69, 9.17) is 27.9 Å². The molecule has 1 atom stereocenters. The van der Waals surface area contributed by atoms with Gasteiger partial charge < -0.3 is 19.4 Å². The number of ether oxygens (including phenoxy) is 1. The molecule has 2 saturated heterocycles. The van der Waals surface area contributed by atoms with E-state index in [1.807, 2.05) is 9.80 Å². The average molecular weight is 606 g/mol. The summed E-state index contributed by atoms with van der Waals surface area (Å²) in [4.78, 5) is 36.0. The second-order valence-corrected chi connectivity index (χ2v) is 12.1. The molecule has 2 fully saturated rings. The highest BCUT2D eigenvalue weighted by Crippen LogP contribution is 2.38. The Morgan fingerprint density at radius 1 is 1.12 bits per heavy atom. The van der Waals surface area contributed by atoms with E-state index in [0.717, 1.165) is 19.5 Å². The summed E-state index contributed by atoms with van der Waals surface area (Å²) in [7, 11) is 0. The average Bonchev–Trinajstić information content (AvgIpc) is 2.93. The molecule has 0 saturated carbocycles. The normalized spacial score (nSPS) is 17.2. The summed E-state index contributed by atoms with van der Waals surface area (Å²) in [5.74, 6) is -0.401. The molecule has 0 bridgehead atoms. The van der Waals surface area contributed by atoms with Crippen LogP contribution in [0, 0.1) is 18.2 Å². The Labute approximate surface area is 252 Å². The Balaban J connectivity index is 1.45. The van der Waals surface area contributed by atoms with Crippen LogP contribution in [0.5, 0.6) is 0 Å². The smallest absolute Gasteiger partial charge is 0.410 e. The van der Waals surface area contributed by atoms with Crippen LogP contribution in [0.1, 0.15) is 27.2 Å².